The smallest absolute Gasteiger partial charge is 0.0565 e. The van der Waals surface area contributed by atoms with Crippen molar-refractivity contribution in [3.63, 3.8) is 0 Å². The van der Waals surface area contributed by atoms with Crippen molar-refractivity contribution in [3.05, 3.63) is 0 Å². The Labute approximate surface area is 86.6 Å². The molecule has 82 valence electrons. The molecular weight excluding hydrogens is 176 g/mol. The molecule has 0 aromatic carbocycles. The van der Waals surface area contributed by atoms with Crippen molar-refractivity contribution in [3.8, 4) is 0 Å². The molecular formula is C11H22N2O. The maximum absolute atomic E-state index is 5.93. The van der Waals surface area contributed by atoms with E-state index < -0.39 is 0 Å². The molecule has 2 N–H and O–H groups in total. The molecule has 2 aliphatic rings. The molecule has 0 aliphatic carbocycles. The maximum atomic E-state index is 5.93. The third kappa shape index (κ3) is 2.27. The SMILES string of the molecule is CC1CC(N2CC[C@H](N)C2)CC(C)O1. The lowest BCUT2D eigenvalue weighted by molar-refractivity contribution is -0.0618. The van der Waals surface area contributed by atoms with Gasteiger partial charge in [0.1, 0.15) is 0 Å². The van der Waals surface area contributed by atoms with Crippen LogP contribution in [0.1, 0.15) is 33.1 Å². The minimum Gasteiger partial charge on any atom is -0.375 e. The van der Waals surface area contributed by atoms with Crippen LogP contribution >= 0.6 is 0 Å². The highest BCUT2D eigenvalue weighted by Crippen LogP contribution is 2.25. The minimum absolute atomic E-state index is 0.406. The zero-order valence-electron chi connectivity index (χ0n) is 9.28. The summed E-state index contributed by atoms with van der Waals surface area (Å²) in [5.74, 6) is 0. The minimum atomic E-state index is 0.406. The first-order valence-electron chi connectivity index (χ1n) is 5.80. The van der Waals surface area contributed by atoms with Gasteiger partial charge in [-0.3, -0.25) is 4.90 Å². The molecule has 0 saturated carbocycles. The van der Waals surface area contributed by atoms with Crippen molar-refractivity contribution in [2.24, 2.45) is 5.73 Å². The molecule has 2 heterocycles. The first-order valence-corrected chi connectivity index (χ1v) is 5.80. The van der Waals surface area contributed by atoms with Crippen LogP contribution in [-0.4, -0.2) is 42.3 Å². The van der Waals surface area contributed by atoms with Gasteiger partial charge in [-0.2, -0.15) is 0 Å². The molecule has 2 fully saturated rings. The summed E-state index contributed by atoms with van der Waals surface area (Å²) >= 11 is 0. The van der Waals surface area contributed by atoms with Crippen molar-refractivity contribution in [1.29, 1.82) is 0 Å². The number of rotatable bonds is 1. The van der Waals surface area contributed by atoms with Gasteiger partial charge in [0.05, 0.1) is 12.2 Å². The van der Waals surface area contributed by atoms with Crippen LogP contribution in [0.25, 0.3) is 0 Å². The molecule has 2 aliphatic heterocycles. The molecule has 3 atom stereocenters. The molecule has 0 radical (unpaired) electrons. The fourth-order valence-electron chi connectivity index (χ4n) is 2.82. The first kappa shape index (κ1) is 10.4. The zero-order chi connectivity index (χ0) is 10.1. The van der Waals surface area contributed by atoms with E-state index in [1.807, 2.05) is 0 Å². The maximum Gasteiger partial charge on any atom is 0.0565 e. The van der Waals surface area contributed by atoms with Crippen LogP contribution in [0, 0.1) is 0 Å². The molecule has 3 heteroatoms. The summed E-state index contributed by atoms with van der Waals surface area (Å²) in [6.07, 6.45) is 4.36. The van der Waals surface area contributed by atoms with Crippen LogP contribution in [0.4, 0.5) is 0 Å². The van der Waals surface area contributed by atoms with Gasteiger partial charge in [0.15, 0.2) is 0 Å². The van der Waals surface area contributed by atoms with Crippen LogP contribution in [0.2, 0.25) is 0 Å². The van der Waals surface area contributed by atoms with E-state index in [4.69, 9.17) is 10.5 Å². The van der Waals surface area contributed by atoms with Gasteiger partial charge >= 0.3 is 0 Å². The van der Waals surface area contributed by atoms with E-state index in [1.54, 1.807) is 0 Å². The van der Waals surface area contributed by atoms with Crippen molar-refractivity contribution in [2.75, 3.05) is 13.1 Å². The molecule has 0 spiro atoms. The quantitative estimate of drug-likeness (QED) is 0.682. The van der Waals surface area contributed by atoms with E-state index in [0.717, 1.165) is 6.54 Å². The van der Waals surface area contributed by atoms with Crippen molar-refractivity contribution in [1.82, 2.24) is 4.90 Å². The van der Waals surface area contributed by atoms with Crippen molar-refractivity contribution >= 4 is 0 Å². The summed E-state index contributed by atoms with van der Waals surface area (Å²) in [4.78, 5) is 2.56. The largest absolute Gasteiger partial charge is 0.375 e. The average Bonchev–Trinajstić information content (AvgIpc) is 2.50. The summed E-state index contributed by atoms with van der Waals surface area (Å²) in [6, 6.07) is 1.12. The third-order valence-corrected chi connectivity index (χ3v) is 3.45. The Kier molecular flexibility index (Phi) is 3.10. The van der Waals surface area contributed by atoms with Gasteiger partial charge in [-0.05, 0) is 33.1 Å². The van der Waals surface area contributed by atoms with Crippen LogP contribution in [0.15, 0.2) is 0 Å². The molecule has 0 amide bonds. The van der Waals surface area contributed by atoms with E-state index >= 15 is 0 Å². The normalized spacial score (nSPS) is 45.6. The summed E-state index contributed by atoms with van der Waals surface area (Å²) in [5, 5.41) is 0. The second-order valence-electron chi connectivity index (χ2n) is 4.93. The van der Waals surface area contributed by atoms with E-state index in [9.17, 15) is 0 Å². The van der Waals surface area contributed by atoms with E-state index in [2.05, 4.69) is 18.7 Å². The summed E-state index contributed by atoms with van der Waals surface area (Å²) in [5.41, 5.74) is 5.93. The molecule has 0 aromatic heterocycles. The fraction of sp³-hybridized carbons (Fsp3) is 1.00. The van der Waals surface area contributed by atoms with E-state index in [1.165, 1.54) is 25.8 Å². The predicted molar refractivity (Wildman–Crippen MR) is 57.2 cm³/mol. The first-order chi connectivity index (χ1) is 6.65. The standard InChI is InChI=1S/C11H22N2O/c1-8-5-11(6-9(2)14-8)13-4-3-10(12)7-13/h8-11H,3-7,12H2,1-2H3/t8?,9?,10-,11?/m0/s1. The Bertz CT molecular complexity index is 188. The number of hydrogen-bond acceptors (Lipinski definition) is 3. The van der Waals surface area contributed by atoms with E-state index in [0.29, 0.717) is 24.3 Å². The lowest BCUT2D eigenvalue weighted by Gasteiger charge is -2.37. The lowest BCUT2D eigenvalue weighted by Crippen LogP contribution is -2.44. The highest BCUT2D eigenvalue weighted by Gasteiger charge is 2.32. The second-order valence-corrected chi connectivity index (χ2v) is 4.93. The number of hydrogen-bond donors (Lipinski definition) is 1. The van der Waals surface area contributed by atoms with Gasteiger partial charge in [0.25, 0.3) is 0 Å². The topological polar surface area (TPSA) is 38.5 Å². The Morgan fingerprint density at radius 2 is 1.86 bits per heavy atom. The van der Waals surface area contributed by atoms with Crippen molar-refractivity contribution < 1.29 is 4.74 Å². The predicted octanol–water partition coefficient (Wildman–Crippen LogP) is 0.975. The molecule has 2 unspecified atom stereocenters. The number of likely N-dealkylation sites (tertiary alicyclic amines) is 1. The summed E-state index contributed by atoms with van der Waals surface area (Å²) in [7, 11) is 0. The molecule has 2 saturated heterocycles. The Balaban J connectivity index is 1.90. The van der Waals surface area contributed by atoms with Gasteiger partial charge in [0.2, 0.25) is 0 Å². The lowest BCUT2D eigenvalue weighted by atomic mass is 9.99. The highest BCUT2D eigenvalue weighted by atomic mass is 16.5. The summed E-state index contributed by atoms with van der Waals surface area (Å²) < 4.78 is 5.74. The van der Waals surface area contributed by atoms with Gasteiger partial charge in [-0.1, -0.05) is 0 Å². The van der Waals surface area contributed by atoms with Crippen LogP contribution in [-0.2, 0) is 4.74 Å². The van der Waals surface area contributed by atoms with Gasteiger partial charge in [-0.15, -0.1) is 0 Å². The van der Waals surface area contributed by atoms with Gasteiger partial charge in [-0.25, -0.2) is 0 Å². The molecule has 2 rings (SSSR count). The molecule has 0 bridgehead atoms. The molecule has 14 heavy (non-hydrogen) atoms. The van der Waals surface area contributed by atoms with Crippen molar-refractivity contribution in [2.45, 2.75) is 57.4 Å². The number of nitrogens with two attached hydrogens (primary N) is 1. The van der Waals surface area contributed by atoms with Crippen LogP contribution in [0.3, 0.4) is 0 Å². The summed E-state index contributed by atoms with van der Waals surface area (Å²) in [6.45, 7) is 6.63. The number of ether oxygens (including phenoxy) is 1. The average molecular weight is 198 g/mol. The Hall–Kier alpha value is -0.120. The monoisotopic (exact) mass is 198 g/mol. The van der Waals surface area contributed by atoms with Crippen LogP contribution < -0.4 is 5.73 Å². The van der Waals surface area contributed by atoms with Gasteiger partial charge < -0.3 is 10.5 Å². The highest BCUT2D eigenvalue weighted by molar-refractivity contribution is 4.87. The third-order valence-electron chi connectivity index (χ3n) is 3.45. The van der Waals surface area contributed by atoms with E-state index in [-0.39, 0.29) is 0 Å². The Morgan fingerprint density at radius 1 is 1.21 bits per heavy atom. The zero-order valence-corrected chi connectivity index (χ0v) is 9.28. The fourth-order valence-corrected chi connectivity index (χ4v) is 2.82. The molecule has 0 aromatic rings. The van der Waals surface area contributed by atoms with Crippen LogP contribution in [0.5, 0.6) is 0 Å². The molecule has 3 nitrogen and oxygen atoms in total. The van der Waals surface area contributed by atoms with Gasteiger partial charge in [0, 0.05) is 25.2 Å². The second kappa shape index (κ2) is 4.17. The Morgan fingerprint density at radius 3 is 2.36 bits per heavy atom. The number of nitrogens with zero attached hydrogens (tertiary/aromatic N) is 1.